The van der Waals surface area contributed by atoms with Gasteiger partial charge >= 0.3 is 5.63 Å². The fourth-order valence-corrected chi connectivity index (χ4v) is 2.41. The van der Waals surface area contributed by atoms with Crippen molar-refractivity contribution in [1.29, 1.82) is 0 Å². The van der Waals surface area contributed by atoms with E-state index < -0.39 is 11.4 Å². The van der Waals surface area contributed by atoms with E-state index in [1.807, 2.05) is 13.0 Å². The van der Waals surface area contributed by atoms with Crippen molar-refractivity contribution in [3.05, 3.63) is 81.5 Å². The number of hydrogen-bond acceptors (Lipinski definition) is 3. The summed E-state index contributed by atoms with van der Waals surface area (Å²) in [5.41, 5.74) is 1.69. The summed E-state index contributed by atoms with van der Waals surface area (Å²) in [5.74, 6) is -0.723. The average Bonchev–Trinajstić information content (AvgIpc) is 2.51. The van der Waals surface area contributed by atoms with Crippen LogP contribution in [0.5, 0.6) is 0 Å². The molecule has 0 saturated carbocycles. The molecule has 3 aromatic rings. The standard InChI is InChI=1S/C18H14FNO3/c1-11-3-2-4-12(7-11)18(22)20-10-13-8-17(21)23-16-9-14(19)5-6-15(13)16/h2-9H,10H2,1H3,(H,20,22). The second-order valence-corrected chi connectivity index (χ2v) is 5.28. The number of fused-ring (bicyclic) bond motifs is 1. The smallest absolute Gasteiger partial charge is 0.336 e. The molecule has 0 aliphatic rings. The lowest BCUT2D eigenvalue weighted by molar-refractivity contribution is 0.0951. The topological polar surface area (TPSA) is 59.3 Å². The first kappa shape index (κ1) is 15.0. The van der Waals surface area contributed by atoms with Crippen LogP contribution < -0.4 is 10.9 Å². The number of carbonyl (C=O) groups is 1. The van der Waals surface area contributed by atoms with Gasteiger partial charge in [0.05, 0.1) is 0 Å². The van der Waals surface area contributed by atoms with E-state index in [2.05, 4.69) is 5.32 Å². The van der Waals surface area contributed by atoms with Gasteiger partial charge in [-0.05, 0) is 36.8 Å². The first-order valence-electron chi connectivity index (χ1n) is 7.10. The van der Waals surface area contributed by atoms with Gasteiger partial charge in [-0.25, -0.2) is 9.18 Å². The van der Waals surface area contributed by atoms with Gasteiger partial charge in [-0.3, -0.25) is 4.79 Å². The summed E-state index contributed by atoms with van der Waals surface area (Å²) < 4.78 is 18.2. The number of aryl methyl sites for hydroxylation is 1. The maximum Gasteiger partial charge on any atom is 0.336 e. The summed E-state index contributed by atoms with van der Waals surface area (Å²) in [7, 11) is 0. The molecule has 1 amide bonds. The van der Waals surface area contributed by atoms with Crippen LogP contribution in [0.4, 0.5) is 4.39 Å². The third-order valence-electron chi connectivity index (χ3n) is 3.51. The molecule has 5 heteroatoms. The zero-order valence-corrected chi connectivity index (χ0v) is 12.4. The van der Waals surface area contributed by atoms with E-state index in [1.165, 1.54) is 18.2 Å². The second-order valence-electron chi connectivity index (χ2n) is 5.28. The van der Waals surface area contributed by atoms with Gasteiger partial charge < -0.3 is 9.73 Å². The molecular formula is C18H14FNO3. The van der Waals surface area contributed by atoms with Crippen molar-refractivity contribution < 1.29 is 13.6 Å². The van der Waals surface area contributed by atoms with E-state index >= 15 is 0 Å². The van der Waals surface area contributed by atoms with Crippen LogP contribution >= 0.6 is 0 Å². The fourth-order valence-electron chi connectivity index (χ4n) is 2.41. The van der Waals surface area contributed by atoms with E-state index in [1.54, 1.807) is 18.2 Å². The van der Waals surface area contributed by atoms with Crippen molar-refractivity contribution in [3.63, 3.8) is 0 Å². The quantitative estimate of drug-likeness (QED) is 0.756. The number of nitrogens with one attached hydrogen (secondary N) is 1. The second kappa shape index (κ2) is 6.04. The molecule has 0 spiro atoms. The van der Waals surface area contributed by atoms with E-state index in [-0.39, 0.29) is 18.0 Å². The lowest BCUT2D eigenvalue weighted by atomic mass is 10.1. The minimum atomic E-state index is -0.581. The summed E-state index contributed by atoms with van der Waals surface area (Å²) in [5, 5.41) is 3.36. The molecule has 1 N–H and O–H groups in total. The Labute approximate surface area is 131 Å². The Bertz CT molecular complexity index is 946. The molecule has 4 nitrogen and oxygen atoms in total. The maximum atomic E-state index is 13.2. The molecule has 23 heavy (non-hydrogen) atoms. The lowest BCUT2D eigenvalue weighted by Gasteiger charge is -2.08. The highest BCUT2D eigenvalue weighted by Crippen LogP contribution is 2.18. The van der Waals surface area contributed by atoms with Gasteiger partial charge in [-0.2, -0.15) is 0 Å². The number of benzene rings is 2. The molecule has 0 aliphatic heterocycles. The Balaban J connectivity index is 1.87. The van der Waals surface area contributed by atoms with Gasteiger partial charge in [0.25, 0.3) is 5.91 Å². The maximum absolute atomic E-state index is 13.2. The van der Waals surface area contributed by atoms with Gasteiger partial charge in [0.2, 0.25) is 0 Å². The van der Waals surface area contributed by atoms with Gasteiger partial charge in [0.15, 0.2) is 0 Å². The molecule has 0 saturated heterocycles. The minimum Gasteiger partial charge on any atom is -0.423 e. The Morgan fingerprint density at radius 2 is 2.00 bits per heavy atom. The molecule has 0 atom stereocenters. The van der Waals surface area contributed by atoms with Crippen LogP contribution in [0.2, 0.25) is 0 Å². The van der Waals surface area contributed by atoms with Crippen LogP contribution in [0.15, 0.2) is 57.7 Å². The van der Waals surface area contributed by atoms with Crippen molar-refractivity contribution >= 4 is 16.9 Å². The Morgan fingerprint density at radius 3 is 2.78 bits per heavy atom. The van der Waals surface area contributed by atoms with E-state index in [0.717, 1.165) is 11.6 Å². The highest BCUT2D eigenvalue weighted by atomic mass is 19.1. The number of hydrogen-bond donors (Lipinski definition) is 1. The van der Waals surface area contributed by atoms with Crippen LogP contribution in [-0.4, -0.2) is 5.91 Å². The predicted octanol–water partition coefficient (Wildman–Crippen LogP) is 3.17. The number of carbonyl (C=O) groups excluding carboxylic acids is 1. The molecule has 2 aromatic carbocycles. The predicted molar refractivity (Wildman–Crippen MR) is 84.8 cm³/mol. The van der Waals surface area contributed by atoms with Crippen LogP contribution in [0.1, 0.15) is 21.5 Å². The van der Waals surface area contributed by atoms with Gasteiger partial charge in [0, 0.05) is 29.6 Å². The normalized spacial score (nSPS) is 10.7. The molecule has 0 aliphatic carbocycles. The molecule has 116 valence electrons. The molecule has 1 heterocycles. The Morgan fingerprint density at radius 1 is 1.17 bits per heavy atom. The van der Waals surface area contributed by atoms with E-state index in [4.69, 9.17) is 4.42 Å². The highest BCUT2D eigenvalue weighted by molar-refractivity contribution is 5.94. The highest BCUT2D eigenvalue weighted by Gasteiger charge is 2.09. The summed E-state index contributed by atoms with van der Waals surface area (Å²) in [6, 6.07) is 12.5. The fraction of sp³-hybridized carbons (Fsp3) is 0.111. The summed E-state index contributed by atoms with van der Waals surface area (Å²) in [6.45, 7) is 2.06. The van der Waals surface area contributed by atoms with Crippen LogP contribution in [0.3, 0.4) is 0 Å². The van der Waals surface area contributed by atoms with Crippen LogP contribution in [0.25, 0.3) is 11.0 Å². The third-order valence-corrected chi connectivity index (χ3v) is 3.51. The third kappa shape index (κ3) is 3.29. The van der Waals surface area contributed by atoms with Crippen molar-refractivity contribution in [3.8, 4) is 0 Å². The summed E-state index contributed by atoms with van der Waals surface area (Å²) in [4.78, 5) is 23.7. The van der Waals surface area contributed by atoms with Crippen molar-refractivity contribution in [2.24, 2.45) is 0 Å². The Kier molecular flexibility index (Phi) is 3.93. The zero-order chi connectivity index (χ0) is 16.4. The first-order valence-corrected chi connectivity index (χ1v) is 7.10. The SMILES string of the molecule is Cc1cccc(C(=O)NCc2cc(=O)oc3cc(F)ccc23)c1. The molecule has 3 rings (SSSR count). The van der Waals surface area contributed by atoms with Gasteiger partial charge in [-0.1, -0.05) is 17.7 Å². The average molecular weight is 311 g/mol. The largest absolute Gasteiger partial charge is 0.423 e. The molecule has 1 aromatic heterocycles. The van der Waals surface area contributed by atoms with Crippen LogP contribution in [0, 0.1) is 12.7 Å². The van der Waals surface area contributed by atoms with Crippen molar-refractivity contribution in [2.75, 3.05) is 0 Å². The molecule has 0 unspecified atom stereocenters. The van der Waals surface area contributed by atoms with Gasteiger partial charge in [-0.15, -0.1) is 0 Å². The van der Waals surface area contributed by atoms with Crippen molar-refractivity contribution in [1.82, 2.24) is 5.32 Å². The minimum absolute atomic E-state index is 0.153. The number of rotatable bonds is 3. The molecule has 0 bridgehead atoms. The summed E-state index contributed by atoms with van der Waals surface area (Å²) >= 11 is 0. The molecular weight excluding hydrogens is 297 g/mol. The summed E-state index contributed by atoms with van der Waals surface area (Å²) in [6.07, 6.45) is 0. The van der Waals surface area contributed by atoms with E-state index in [9.17, 15) is 14.0 Å². The van der Waals surface area contributed by atoms with Crippen molar-refractivity contribution in [2.45, 2.75) is 13.5 Å². The van der Waals surface area contributed by atoms with E-state index in [0.29, 0.717) is 16.5 Å². The molecule has 0 radical (unpaired) electrons. The molecule has 0 fully saturated rings. The Hall–Kier alpha value is -2.95. The number of amides is 1. The first-order chi connectivity index (χ1) is 11.0. The monoisotopic (exact) mass is 311 g/mol. The zero-order valence-electron chi connectivity index (χ0n) is 12.4. The number of halogens is 1. The lowest BCUT2D eigenvalue weighted by Crippen LogP contribution is -2.23. The van der Waals surface area contributed by atoms with Gasteiger partial charge in [0.1, 0.15) is 11.4 Å². The van der Waals surface area contributed by atoms with Crippen LogP contribution in [-0.2, 0) is 6.54 Å².